The van der Waals surface area contributed by atoms with Gasteiger partial charge in [-0.25, -0.2) is 8.42 Å². The highest BCUT2D eigenvalue weighted by molar-refractivity contribution is 7.91. The number of likely N-dealkylation sites (N-methyl/N-ethyl adjacent to an activating group) is 1. The molecule has 0 saturated carbocycles. The molecule has 0 radical (unpaired) electrons. The van der Waals surface area contributed by atoms with Crippen LogP contribution in [-0.2, 0) is 14.6 Å². The molecular formula is C19H19NO4S. The Balaban J connectivity index is 1.83. The van der Waals surface area contributed by atoms with E-state index in [2.05, 4.69) is 0 Å². The Kier molecular flexibility index (Phi) is 4.63. The predicted molar refractivity (Wildman–Crippen MR) is 96.0 cm³/mol. The van der Waals surface area contributed by atoms with Crippen LogP contribution in [0.1, 0.15) is 17.2 Å². The number of para-hydroxylation sites is 1. The Morgan fingerprint density at radius 1 is 1.16 bits per heavy atom. The largest absolute Gasteiger partial charge is 0.496 e. The van der Waals surface area contributed by atoms with Crippen LogP contribution in [0.2, 0.25) is 0 Å². The van der Waals surface area contributed by atoms with Crippen LogP contribution < -0.4 is 4.74 Å². The lowest BCUT2D eigenvalue weighted by Crippen LogP contribution is -2.30. The summed E-state index contributed by atoms with van der Waals surface area (Å²) in [7, 11) is -0.156. The molecule has 1 amide bonds. The summed E-state index contributed by atoms with van der Waals surface area (Å²) >= 11 is 0. The highest BCUT2D eigenvalue weighted by atomic mass is 32.2. The van der Waals surface area contributed by atoms with Crippen LogP contribution in [0, 0.1) is 0 Å². The molecule has 2 aromatic carbocycles. The molecule has 0 bridgehead atoms. The Hall–Kier alpha value is -2.60. The van der Waals surface area contributed by atoms with E-state index in [1.165, 1.54) is 11.0 Å². The van der Waals surface area contributed by atoms with Gasteiger partial charge in [0.15, 0.2) is 9.84 Å². The second-order valence-corrected chi connectivity index (χ2v) is 7.86. The van der Waals surface area contributed by atoms with Gasteiger partial charge in [-0.3, -0.25) is 4.79 Å². The molecule has 1 unspecified atom stereocenters. The fourth-order valence-corrected chi connectivity index (χ4v) is 4.83. The van der Waals surface area contributed by atoms with Crippen LogP contribution >= 0.6 is 0 Å². The SMILES string of the molecule is COc1ccccc1/C=C/C(=O)N(C)C1CS(=O)(=O)c2ccccc21. The number of amides is 1. The van der Waals surface area contributed by atoms with Gasteiger partial charge >= 0.3 is 0 Å². The van der Waals surface area contributed by atoms with E-state index in [1.54, 1.807) is 44.5 Å². The second-order valence-electron chi connectivity index (χ2n) is 5.86. The first-order chi connectivity index (χ1) is 11.9. The van der Waals surface area contributed by atoms with Crippen LogP contribution in [-0.4, -0.2) is 39.1 Å². The Bertz CT molecular complexity index is 934. The van der Waals surface area contributed by atoms with Crippen LogP contribution in [0.3, 0.4) is 0 Å². The molecule has 130 valence electrons. The molecule has 25 heavy (non-hydrogen) atoms. The quantitative estimate of drug-likeness (QED) is 0.789. The van der Waals surface area contributed by atoms with Crippen molar-refractivity contribution < 1.29 is 17.9 Å². The smallest absolute Gasteiger partial charge is 0.246 e. The molecule has 0 fully saturated rings. The first-order valence-electron chi connectivity index (χ1n) is 7.83. The molecule has 2 aromatic rings. The van der Waals surface area contributed by atoms with Crippen molar-refractivity contribution in [1.29, 1.82) is 0 Å². The van der Waals surface area contributed by atoms with Crippen molar-refractivity contribution in [2.45, 2.75) is 10.9 Å². The Morgan fingerprint density at radius 3 is 2.60 bits per heavy atom. The number of rotatable bonds is 4. The summed E-state index contributed by atoms with van der Waals surface area (Å²) in [5, 5.41) is 0. The van der Waals surface area contributed by atoms with E-state index in [9.17, 15) is 13.2 Å². The minimum absolute atomic E-state index is 0.0862. The maximum absolute atomic E-state index is 12.5. The van der Waals surface area contributed by atoms with E-state index in [0.717, 1.165) is 5.56 Å². The highest BCUT2D eigenvalue weighted by Gasteiger charge is 2.37. The van der Waals surface area contributed by atoms with Crippen molar-refractivity contribution in [3.63, 3.8) is 0 Å². The van der Waals surface area contributed by atoms with Gasteiger partial charge in [0.2, 0.25) is 5.91 Å². The lowest BCUT2D eigenvalue weighted by atomic mass is 10.1. The topological polar surface area (TPSA) is 63.7 Å². The number of benzene rings is 2. The predicted octanol–water partition coefficient (Wildman–Crippen LogP) is 2.70. The average molecular weight is 357 g/mol. The van der Waals surface area contributed by atoms with Crippen LogP contribution in [0.4, 0.5) is 0 Å². The van der Waals surface area contributed by atoms with Gasteiger partial charge in [-0.1, -0.05) is 36.4 Å². The number of nitrogens with zero attached hydrogens (tertiary/aromatic N) is 1. The molecule has 0 aromatic heterocycles. The van der Waals surface area contributed by atoms with Crippen molar-refractivity contribution >= 4 is 21.8 Å². The van der Waals surface area contributed by atoms with Gasteiger partial charge in [-0.15, -0.1) is 0 Å². The van der Waals surface area contributed by atoms with Gasteiger partial charge in [0.05, 0.1) is 23.8 Å². The molecule has 3 rings (SSSR count). The monoisotopic (exact) mass is 357 g/mol. The first kappa shape index (κ1) is 17.2. The maximum Gasteiger partial charge on any atom is 0.246 e. The van der Waals surface area contributed by atoms with Crippen LogP contribution in [0.15, 0.2) is 59.5 Å². The summed E-state index contributed by atoms with van der Waals surface area (Å²) in [6.07, 6.45) is 3.11. The van der Waals surface area contributed by atoms with Crippen molar-refractivity contribution in [1.82, 2.24) is 4.90 Å². The third kappa shape index (κ3) is 3.30. The standard InChI is InChI=1S/C19H19NO4S/c1-20(16-13-25(22,23)18-10-6-4-8-15(16)18)19(21)12-11-14-7-3-5-9-17(14)24-2/h3-12,16H,13H2,1-2H3/b12-11+. The summed E-state index contributed by atoms with van der Waals surface area (Å²) in [4.78, 5) is 14.3. The number of methoxy groups -OCH3 is 1. The zero-order valence-electron chi connectivity index (χ0n) is 14.0. The summed E-state index contributed by atoms with van der Waals surface area (Å²) in [6.45, 7) is 0. The average Bonchev–Trinajstić information content (AvgIpc) is 2.91. The minimum Gasteiger partial charge on any atom is -0.496 e. The molecule has 0 N–H and O–H groups in total. The van der Waals surface area contributed by atoms with Crippen molar-refractivity contribution in [2.75, 3.05) is 19.9 Å². The molecule has 1 aliphatic heterocycles. The van der Waals surface area contributed by atoms with Crippen LogP contribution in [0.25, 0.3) is 6.08 Å². The number of hydrogen-bond donors (Lipinski definition) is 0. The number of carbonyl (C=O) groups excluding carboxylic acids is 1. The van der Waals surface area contributed by atoms with E-state index >= 15 is 0 Å². The Labute approximate surface area is 147 Å². The molecule has 1 heterocycles. The van der Waals surface area contributed by atoms with Gasteiger partial charge in [-0.2, -0.15) is 0 Å². The van der Waals surface area contributed by atoms with Gasteiger partial charge in [-0.05, 0) is 23.8 Å². The third-order valence-electron chi connectivity index (χ3n) is 4.35. The number of ether oxygens (including phenoxy) is 1. The lowest BCUT2D eigenvalue weighted by molar-refractivity contribution is -0.126. The Morgan fingerprint density at radius 2 is 1.84 bits per heavy atom. The normalized spacial score (nSPS) is 18.1. The van der Waals surface area contributed by atoms with E-state index < -0.39 is 15.9 Å². The zero-order valence-corrected chi connectivity index (χ0v) is 14.9. The summed E-state index contributed by atoms with van der Waals surface area (Å²) in [5.41, 5.74) is 1.45. The maximum atomic E-state index is 12.5. The first-order valence-corrected chi connectivity index (χ1v) is 9.49. The van der Waals surface area contributed by atoms with Gasteiger partial charge in [0, 0.05) is 18.7 Å². The minimum atomic E-state index is -3.35. The number of sulfone groups is 1. The van der Waals surface area contributed by atoms with Crippen LogP contribution in [0.5, 0.6) is 5.75 Å². The van der Waals surface area contributed by atoms with E-state index in [0.29, 0.717) is 16.2 Å². The molecule has 0 saturated heterocycles. The van der Waals surface area contributed by atoms with Gasteiger partial charge < -0.3 is 9.64 Å². The lowest BCUT2D eigenvalue weighted by Gasteiger charge is -2.23. The molecule has 5 nitrogen and oxygen atoms in total. The third-order valence-corrected chi connectivity index (χ3v) is 6.15. The summed E-state index contributed by atoms with van der Waals surface area (Å²) in [6, 6.07) is 13.7. The number of fused-ring (bicyclic) bond motifs is 1. The van der Waals surface area contributed by atoms with Crippen molar-refractivity contribution in [3.05, 3.63) is 65.7 Å². The molecule has 0 aliphatic carbocycles. The number of hydrogen-bond acceptors (Lipinski definition) is 4. The van der Waals surface area contributed by atoms with Gasteiger partial charge in [0.1, 0.15) is 5.75 Å². The van der Waals surface area contributed by atoms with E-state index in [1.807, 2.05) is 24.3 Å². The van der Waals surface area contributed by atoms with E-state index in [4.69, 9.17) is 4.74 Å². The molecule has 0 spiro atoms. The molecular weight excluding hydrogens is 338 g/mol. The van der Waals surface area contributed by atoms with E-state index in [-0.39, 0.29) is 11.7 Å². The van der Waals surface area contributed by atoms with Crippen molar-refractivity contribution in [3.8, 4) is 5.75 Å². The number of carbonyl (C=O) groups is 1. The fraction of sp³-hybridized carbons (Fsp3) is 0.211. The summed E-state index contributed by atoms with van der Waals surface area (Å²) < 4.78 is 29.8. The fourth-order valence-electron chi connectivity index (χ4n) is 2.98. The molecule has 1 aliphatic rings. The molecule has 1 atom stereocenters. The van der Waals surface area contributed by atoms with Crippen molar-refractivity contribution in [2.24, 2.45) is 0 Å². The second kappa shape index (κ2) is 6.72. The summed E-state index contributed by atoms with van der Waals surface area (Å²) in [5.74, 6) is 0.322. The zero-order chi connectivity index (χ0) is 18.0. The van der Waals surface area contributed by atoms with Gasteiger partial charge in [0.25, 0.3) is 0 Å². The highest BCUT2D eigenvalue weighted by Crippen LogP contribution is 2.36. The molecule has 6 heteroatoms.